The number of carbonyl (C=O) groups is 1. The van der Waals surface area contributed by atoms with Crippen molar-refractivity contribution in [3.63, 3.8) is 0 Å². The van der Waals surface area contributed by atoms with Crippen LogP contribution in [0.2, 0.25) is 0 Å². The van der Waals surface area contributed by atoms with Crippen molar-refractivity contribution >= 4 is 23.4 Å². The van der Waals surface area contributed by atoms with Gasteiger partial charge in [-0.3, -0.25) is 4.79 Å². The molecule has 0 aliphatic carbocycles. The van der Waals surface area contributed by atoms with E-state index in [1.54, 1.807) is 0 Å². The molecule has 0 aliphatic rings. The molecular weight excluding hydrogens is 256 g/mol. The highest BCUT2D eigenvalue weighted by atomic mass is 32.2. The molecule has 0 saturated carbocycles. The molecular formula is C15H24N2OS. The van der Waals surface area contributed by atoms with Crippen LogP contribution < -0.4 is 10.6 Å². The van der Waals surface area contributed by atoms with Gasteiger partial charge in [0.25, 0.3) is 0 Å². The lowest BCUT2D eigenvalue weighted by Gasteiger charge is -2.14. The topological polar surface area (TPSA) is 41.1 Å². The van der Waals surface area contributed by atoms with Gasteiger partial charge in [-0.2, -0.15) is 11.8 Å². The second kappa shape index (κ2) is 8.99. The quantitative estimate of drug-likeness (QED) is 0.719. The summed E-state index contributed by atoms with van der Waals surface area (Å²) in [6.07, 6.45) is 4.43. The summed E-state index contributed by atoms with van der Waals surface area (Å²) in [6.45, 7) is 4.82. The second-order valence-electron chi connectivity index (χ2n) is 4.73. The van der Waals surface area contributed by atoms with Crippen molar-refractivity contribution in [2.24, 2.45) is 0 Å². The Labute approximate surface area is 120 Å². The lowest BCUT2D eigenvalue weighted by Crippen LogP contribution is -2.38. The molecule has 0 saturated heterocycles. The molecule has 0 heterocycles. The van der Waals surface area contributed by atoms with Gasteiger partial charge < -0.3 is 10.6 Å². The first-order valence-electron chi connectivity index (χ1n) is 6.73. The molecule has 0 bridgehead atoms. The molecule has 0 fully saturated rings. The smallest absolute Gasteiger partial charge is 0.241 e. The van der Waals surface area contributed by atoms with Gasteiger partial charge in [-0.1, -0.05) is 17.7 Å². The highest BCUT2D eigenvalue weighted by Crippen LogP contribution is 2.08. The summed E-state index contributed by atoms with van der Waals surface area (Å²) in [4.78, 5) is 11.9. The fraction of sp³-hybridized carbons (Fsp3) is 0.533. The fourth-order valence-corrected chi connectivity index (χ4v) is 2.16. The van der Waals surface area contributed by atoms with Crippen molar-refractivity contribution in [3.05, 3.63) is 29.8 Å². The zero-order valence-electron chi connectivity index (χ0n) is 12.0. The molecule has 0 aliphatic heterocycles. The van der Waals surface area contributed by atoms with Crippen LogP contribution in [0.25, 0.3) is 0 Å². The van der Waals surface area contributed by atoms with Crippen LogP contribution in [0.4, 0.5) is 5.69 Å². The van der Waals surface area contributed by atoms with Crippen molar-refractivity contribution in [2.45, 2.75) is 32.7 Å². The van der Waals surface area contributed by atoms with Crippen LogP contribution in [0.5, 0.6) is 0 Å². The SMILES string of the molecule is CSCCCCNC(C)C(=O)Nc1ccc(C)cc1. The lowest BCUT2D eigenvalue weighted by molar-refractivity contribution is -0.117. The maximum absolute atomic E-state index is 11.9. The zero-order valence-corrected chi connectivity index (χ0v) is 12.8. The average molecular weight is 280 g/mol. The van der Waals surface area contributed by atoms with E-state index in [0.717, 1.165) is 18.7 Å². The minimum atomic E-state index is -0.157. The number of aryl methyl sites for hydroxylation is 1. The Balaban J connectivity index is 2.26. The van der Waals surface area contributed by atoms with E-state index in [1.165, 1.54) is 17.7 Å². The Kier molecular flexibility index (Phi) is 7.60. The van der Waals surface area contributed by atoms with Crippen LogP contribution >= 0.6 is 11.8 Å². The van der Waals surface area contributed by atoms with Gasteiger partial charge in [0.05, 0.1) is 6.04 Å². The molecule has 0 radical (unpaired) electrons. The highest BCUT2D eigenvalue weighted by molar-refractivity contribution is 7.98. The number of rotatable bonds is 8. The average Bonchev–Trinajstić information content (AvgIpc) is 2.41. The summed E-state index contributed by atoms with van der Waals surface area (Å²) in [5, 5.41) is 6.17. The van der Waals surface area contributed by atoms with Crippen LogP contribution in [-0.2, 0) is 4.79 Å². The Morgan fingerprint density at radius 2 is 1.95 bits per heavy atom. The molecule has 3 nitrogen and oxygen atoms in total. The van der Waals surface area contributed by atoms with Crippen molar-refractivity contribution in [3.8, 4) is 0 Å². The molecule has 1 amide bonds. The van der Waals surface area contributed by atoms with E-state index in [0.29, 0.717) is 0 Å². The van der Waals surface area contributed by atoms with Gasteiger partial charge in [0, 0.05) is 5.69 Å². The van der Waals surface area contributed by atoms with E-state index in [1.807, 2.05) is 49.9 Å². The first-order chi connectivity index (χ1) is 9.13. The molecule has 1 atom stereocenters. The van der Waals surface area contributed by atoms with Gasteiger partial charge in [-0.15, -0.1) is 0 Å². The molecule has 19 heavy (non-hydrogen) atoms. The molecule has 2 N–H and O–H groups in total. The number of carbonyl (C=O) groups excluding carboxylic acids is 1. The molecule has 0 aromatic heterocycles. The molecule has 1 aromatic rings. The van der Waals surface area contributed by atoms with Crippen LogP contribution in [-0.4, -0.2) is 30.5 Å². The van der Waals surface area contributed by atoms with Gasteiger partial charge in [0.1, 0.15) is 0 Å². The van der Waals surface area contributed by atoms with Crippen LogP contribution in [0.1, 0.15) is 25.3 Å². The third-order valence-electron chi connectivity index (χ3n) is 2.94. The molecule has 4 heteroatoms. The fourth-order valence-electron chi connectivity index (χ4n) is 1.67. The van der Waals surface area contributed by atoms with Crippen LogP contribution in [0.3, 0.4) is 0 Å². The Bertz CT molecular complexity index is 378. The van der Waals surface area contributed by atoms with E-state index in [4.69, 9.17) is 0 Å². The third-order valence-corrected chi connectivity index (χ3v) is 3.64. The maximum atomic E-state index is 11.9. The monoisotopic (exact) mass is 280 g/mol. The summed E-state index contributed by atoms with van der Waals surface area (Å²) < 4.78 is 0. The van der Waals surface area contributed by atoms with E-state index >= 15 is 0 Å². The normalized spacial score (nSPS) is 12.2. The number of anilines is 1. The zero-order chi connectivity index (χ0) is 14.1. The molecule has 1 unspecified atom stereocenters. The van der Waals surface area contributed by atoms with Crippen molar-refractivity contribution in [1.29, 1.82) is 0 Å². The largest absolute Gasteiger partial charge is 0.325 e. The second-order valence-corrected chi connectivity index (χ2v) is 5.72. The first kappa shape index (κ1) is 16.1. The number of amides is 1. The summed E-state index contributed by atoms with van der Waals surface area (Å²) >= 11 is 1.86. The van der Waals surface area contributed by atoms with Gasteiger partial charge in [0.2, 0.25) is 5.91 Å². The number of unbranched alkanes of at least 4 members (excludes halogenated alkanes) is 1. The number of hydrogen-bond donors (Lipinski definition) is 2. The van der Waals surface area contributed by atoms with Crippen molar-refractivity contribution in [1.82, 2.24) is 5.32 Å². The van der Waals surface area contributed by atoms with Gasteiger partial charge in [-0.05, 0) is 57.4 Å². The Morgan fingerprint density at radius 3 is 2.58 bits per heavy atom. The predicted molar refractivity (Wildman–Crippen MR) is 84.9 cm³/mol. The highest BCUT2D eigenvalue weighted by Gasteiger charge is 2.11. The Hall–Kier alpha value is -1.00. The van der Waals surface area contributed by atoms with E-state index in [2.05, 4.69) is 16.9 Å². The minimum Gasteiger partial charge on any atom is -0.325 e. The van der Waals surface area contributed by atoms with Crippen LogP contribution in [0.15, 0.2) is 24.3 Å². The summed E-state index contributed by atoms with van der Waals surface area (Å²) in [5.74, 6) is 1.21. The minimum absolute atomic E-state index is 0.0220. The summed E-state index contributed by atoms with van der Waals surface area (Å²) in [7, 11) is 0. The lowest BCUT2D eigenvalue weighted by atomic mass is 10.2. The van der Waals surface area contributed by atoms with Crippen LogP contribution in [0, 0.1) is 6.92 Å². The van der Waals surface area contributed by atoms with Gasteiger partial charge >= 0.3 is 0 Å². The molecule has 106 valence electrons. The number of thioether (sulfide) groups is 1. The third kappa shape index (κ3) is 6.64. The molecule has 0 spiro atoms. The predicted octanol–water partition coefficient (Wildman–Crippen LogP) is 3.05. The van der Waals surface area contributed by atoms with Crippen molar-refractivity contribution < 1.29 is 4.79 Å². The number of hydrogen-bond acceptors (Lipinski definition) is 3. The number of nitrogens with one attached hydrogen (secondary N) is 2. The standard InChI is InChI=1S/C15H24N2OS/c1-12-6-8-14(9-7-12)17-15(18)13(2)16-10-4-5-11-19-3/h6-9,13,16H,4-5,10-11H2,1-3H3,(H,17,18). The van der Waals surface area contributed by atoms with Gasteiger partial charge in [-0.25, -0.2) is 0 Å². The van der Waals surface area contributed by atoms with E-state index in [-0.39, 0.29) is 11.9 Å². The molecule has 1 rings (SSSR count). The maximum Gasteiger partial charge on any atom is 0.241 e. The summed E-state index contributed by atoms with van der Waals surface area (Å²) in [5.41, 5.74) is 2.05. The first-order valence-corrected chi connectivity index (χ1v) is 8.12. The van der Waals surface area contributed by atoms with E-state index in [9.17, 15) is 4.79 Å². The van der Waals surface area contributed by atoms with E-state index < -0.39 is 0 Å². The number of benzene rings is 1. The molecule has 1 aromatic carbocycles. The van der Waals surface area contributed by atoms with Crippen molar-refractivity contribution in [2.75, 3.05) is 23.9 Å². The Morgan fingerprint density at radius 1 is 1.26 bits per heavy atom. The van der Waals surface area contributed by atoms with Gasteiger partial charge in [0.15, 0.2) is 0 Å². The summed E-state index contributed by atoms with van der Waals surface area (Å²) in [6, 6.07) is 7.69.